The van der Waals surface area contributed by atoms with Crippen LogP contribution in [0.1, 0.15) is 20.8 Å². The second-order valence-corrected chi connectivity index (χ2v) is 4.97. The first-order valence-electron chi connectivity index (χ1n) is 5.74. The molecule has 1 aromatic heterocycles. The molecule has 0 atom stereocenters. The second kappa shape index (κ2) is 10.5. The predicted molar refractivity (Wildman–Crippen MR) is 80.3 cm³/mol. The zero-order valence-electron chi connectivity index (χ0n) is 10.7. The highest BCUT2D eigenvalue weighted by Crippen LogP contribution is 2.12. The minimum absolute atomic E-state index is 0.402. The summed E-state index contributed by atoms with van der Waals surface area (Å²) in [6, 6.07) is 5.61. The lowest BCUT2D eigenvalue weighted by Gasteiger charge is -2.13. The van der Waals surface area contributed by atoms with E-state index in [-0.39, 0.29) is 0 Å². The third-order valence-corrected chi connectivity index (χ3v) is 3.09. The molecule has 0 aromatic carbocycles. The predicted octanol–water partition coefficient (Wildman–Crippen LogP) is 2.77. The van der Waals surface area contributed by atoms with Crippen molar-refractivity contribution >= 4 is 28.3 Å². The van der Waals surface area contributed by atoms with Gasteiger partial charge in [-0.05, 0) is 43.5 Å². The number of nitrogens with zero attached hydrogens (tertiary/aromatic N) is 2. The van der Waals surface area contributed by atoms with Gasteiger partial charge in [-0.1, -0.05) is 39.1 Å². The fraction of sp³-hybridized carbons (Fsp3) is 0.500. The number of rotatable bonds is 4. The maximum atomic E-state index is 5.28. The van der Waals surface area contributed by atoms with Crippen molar-refractivity contribution in [2.45, 2.75) is 25.8 Å². The lowest BCUT2D eigenvalue weighted by molar-refractivity contribution is 0.321. The van der Waals surface area contributed by atoms with E-state index in [4.69, 9.17) is 5.73 Å². The van der Waals surface area contributed by atoms with Gasteiger partial charge in [-0.3, -0.25) is 0 Å². The van der Waals surface area contributed by atoms with Crippen molar-refractivity contribution in [3.63, 3.8) is 0 Å². The van der Waals surface area contributed by atoms with Crippen molar-refractivity contribution in [2.24, 2.45) is 5.73 Å². The molecule has 1 aromatic rings. The molecule has 0 aliphatic heterocycles. The normalized spacial score (nSPS) is 9.65. The SMILES string of the molecule is CCN(CC)CC.NC(=S)Sc1ccccn1. The fourth-order valence-corrected chi connectivity index (χ4v) is 1.90. The van der Waals surface area contributed by atoms with Gasteiger partial charge in [0.1, 0.15) is 9.35 Å². The van der Waals surface area contributed by atoms with E-state index >= 15 is 0 Å². The van der Waals surface area contributed by atoms with Crippen LogP contribution in [0.4, 0.5) is 0 Å². The molecule has 0 spiro atoms. The molecule has 5 heteroatoms. The van der Waals surface area contributed by atoms with Gasteiger partial charge >= 0.3 is 0 Å². The molecular weight excluding hydrogens is 250 g/mol. The maximum absolute atomic E-state index is 5.28. The summed E-state index contributed by atoms with van der Waals surface area (Å²) in [4.78, 5) is 6.39. The Labute approximate surface area is 114 Å². The monoisotopic (exact) mass is 271 g/mol. The Kier molecular flexibility index (Phi) is 10.1. The lowest BCUT2D eigenvalue weighted by atomic mass is 10.5. The summed E-state index contributed by atoms with van der Waals surface area (Å²) in [7, 11) is 0. The number of pyridine rings is 1. The van der Waals surface area contributed by atoms with Crippen LogP contribution in [0.2, 0.25) is 0 Å². The molecule has 0 saturated heterocycles. The van der Waals surface area contributed by atoms with Crippen LogP contribution in [0, 0.1) is 0 Å². The number of hydrogen-bond acceptors (Lipinski definition) is 4. The molecule has 0 radical (unpaired) electrons. The highest BCUT2D eigenvalue weighted by molar-refractivity contribution is 8.22. The van der Waals surface area contributed by atoms with Crippen LogP contribution in [0.15, 0.2) is 29.4 Å². The van der Waals surface area contributed by atoms with Crippen LogP contribution in [0.5, 0.6) is 0 Å². The van der Waals surface area contributed by atoms with Gasteiger partial charge in [0, 0.05) is 6.20 Å². The van der Waals surface area contributed by atoms with Crippen molar-refractivity contribution in [3.8, 4) is 0 Å². The molecule has 0 aliphatic rings. The van der Waals surface area contributed by atoms with E-state index in [1.165, 1.54) is 31.4 Å². The van der Waals surface area contributed by atoms with E-state index in [1.807, 2.05) is 18.2 Å². The Bertz CT molecular complexity index is 294. The summed E-state index contributed by atoms with van der Waals surface area (Å²) in [5.41, 5.74) is 5.28. The fourth-order valence-electron chi connectivity index (χ4n) is 1.18. The topological polar surface area (TPSA) is 42.1 Å². The number of thiocarbonyl (C=S) groups is 1. The standard InChI is InChI=1S/C6H6N2S2.C6H15N/c7-6(9)10-5-3-1-2-4-8-5;1-4-7(5-2)6-3/h1-4H,(H2,7,9);4-6H2,1-3H3. The van der Waals surface area contributed by atoms with Crippen LogP contribution in [0.25, 0.3) is 0 Å². The smallest absolute Gasteiger partial charge is 0.137 e. The lowest BCUT2D eigenvalue weighted by Crippen LogP contribution is -2.21. The number of thioether (sulfide) groups is 1. The molecular formula is C12H21N3S2. The van der Waals surface area contributed by atoms with Crippen molar-refractivity contribution in [1.29, 1.82) is 0 Å². The molecule has 1 rings (SSSR count). The van der Waals surface area contributed by atoms with Gasteiger partial charge in [-0.25, -0.2) is 4.98 Å². The van der Waals surface area contributed by atoms with Crippen molar-refractivity contribution in [3.05, 3.63) is 24.4 Å². The van der Waals surface area contributed by atoms with E-state index < -0.39 is 0 Å². The summed E-state index contributed by atoms with van der Waals surface area (Å²) in [5.74, 6) is 0. The Morgan fingerprint density at radius 2 is 1.88 bits per heavy atom. The van der Waals surface area contributed by atoms with E-state index in [0.29, 0.717) is 4.32 Å². The molecule has 17 heavy (non-hydrogen) atoms. The molecule has 0 amide bonds. The summed E-state index contributed by atoms with van der Waals surface area (Å²) >= 11 is 5.97. The van der Waals surface area contributed by atoms with Crippen LogP contribution >= 0.6 is 24.0 Å². The molecule has 0 unspecified atom stereocenters. The molecule has 0 saturated carbocycles. The minimum Gasteiger partial charge on any atom is -0.384 e. The van der Waals surface area contributed by atoms with Gasteiger partial charge in [-0.2, -0.15) is 0 Å². The summed E-state index contributed by atoms with van der Waals surface area (Å²) in [6.07, 6.45) is 1.71. The van der Waals surface area contributed by atoms with Crippen molar-refractivity contribution in [1.82, 2.24) is 9.88 Å². The van der Waals surface area contributed by atoms with Crippen LogP contribution in [-0.2, 0) is 0 Å². The Hall–Kier alpha value is -0.650. The molecule has 3 nitrogen and oxygen atoms in total. The Morgan fingerprint density at radius 3 is 2.18 bits per heavy atom. The first-order valence-corrected chi connectivity index (χ1v) is 6.97. The third kappa shape index (κ3) is 9.09. The van der Waals surface area contributed by atoms with E-state index in [1.54, 1.807) is 6.20 Å². The first kappa shape index (κ1) is 16.4. The van der Waals surface area contributed by atoms with Crippen LogP contribution in [-0.4, -0.2) is 33.8 Å². The van der Waals surface area contributed by atoms with Gasteiger partial charge in [0.25, 0.3) is 0 Å². The Morgan fingerprint density at radius 1 is 1.29 bits per heavy atom. The van der Waals surface area contributed by atoms with Crippen molar-refractivity contribution in [2.75, 3.05) is 19.6 Å². The van der Waals surface area contributed by atoms with Crippen molar-refractivity contribution < 1.29 is 0 Å². The largest absolute Gasteiger partial charge is 0.384 e. The molecule has 2 N–H and O–H groups in total. The van der Waals surface area contributed by atoms with Gasteiger partial charge in [-0.15, -0.1) is 0 Å². The molecule has 1 heterocycles. The number of nitrogens with two attached hydrogens (primary N) is 1. The van der Waals surface area contributed by atoms with Crippen LogP contribution < -0.4 is 5.73 Å². The maximum Gasteiger partial charge on any atom is 0.137 e. The summed E-state index contributed by atoms with van der Waals surface area (Å²) in [5, 5.41) is 0.843. The van der Waals surface area contributed by atoms with E-state index in [0.717, 1.165) is 5.03 Å². The van der Waals surface area contributed by atoms with Gasteiger partial charge < -0.3 is 10.6 Å². The van der Waals surface area contributed by atoms with E-state index in [9.17, 15) is 0 Å². The molecule has 0 aliphatic carbocycles. The van der Waals surface area contributed by atoms with Gasteiger partial charge in [0.2, 0.25) is 0 Å². The zero-order valence-corrected chi connectivity index (χ0v) is 12.4. The molecule has 0 fully saturated rings. The van der Waals surface area contributed by atoms with E-state index in [2.05, 4.69) is 42.9 Å². The molecule has 0 bridgehead atoms. The highest BCUT2D eigenvalue weighted by atomic mass is 32.2. The minimum atomic E-state index is 0.402. The number of aromatic nitrogens is 1. The third-order valence-electron chi connectivity index (χ3n) is 2.18. The zero-order chi connectivity index (χ0) is 13.1. The first-order chi connectivity index (χ1) is 8.13. The summed E-state index contributed by atoms with van der Waals surface area (Å²) in [6.45, 7) is 10.1. The van der Waals surface area contributed by atoms with Gasteiger partial charge in [0.15, 0.2) is 0 Å². The number of hydrogen-bond donors (Lipinski definition) is 1. The molecule has 96 valence electrons. The average molecular weight is 271 g/mol. The average Bonchev–Trinajstić information content (AvgIpc) is 2.32. The van der Waals surface area contributed by atoms with Gasteiger partial charge in [0.05, 0.1) is 0 Å². The second-order valence-electron chi connectivity index (χ2n) is 3.21. The quantitative estimate of drug-likeness (QED) is 0.674. The van der Waals surface area contributed by atoms with Crippen LogP contribution in [0.3, 0.4) is 0 Å². The Balaban J connectivity index is 0.000000325. The highest BCUT2D eigenvalue weighted by Gasteiger charge is 1.93. The summed E-state index contributed by atoms with van der Waals surface area (Å²) < 4.78 is 0.402.